The van der Waals surface area contributed by atoms with Crippen LogP contribution >= 0.6 is 0 Å². The molecule has 6 nitrogen and oxygen atoms in total. The molecule has 0 amide bonds. The zero-order valence-corrected chi connectivity index (χ0v) is 18.3. The smallest absolute Gasteiger partial charge is 0.258 e. The summed E-state index contributed by atoms with van der Waals surface area (Å²) in [5.41, 5.74) is 2.42. The van der Waals surface area contributed by atoms with Crippen LogP contribution in [-0.2, 0) is 17.1 Å². The Bertz CT molecular complexity index is 1250. The third-order valence-corrected chi connectivity index (χ3v) is 7.20. The van der Waals surface area contributed by atoms with E-state index in [0.29, 0.717) is 24.1 Å². The van der Waals surface area contributed by atoms with Crippen LogP contribution in [0.5, 0.6) is 5.75 Å². The third-order valence-electron chi connectivity index (χ3n) is 5.91. The zero-order valence-electron chi connectivity index (χ0n) is 17.5. The molecular formula is C23H26N2O4S. The minimum absolute atomic E-state index is 0.138. The number of rotatable bonds is 4. The monoisotopic (exact) mass is 426 g/mol. The molecule has 0 saturated carbocycles. The fraction of sp³-hybridized carbons (Fsp3) is 0.348. The molecular weight excluding hydrogens is 400 g/mol. The van der Waals surface area contributed by atoms with Gasteiger partial charge >= 0.3 is 0 Å². The lowest BCUT2D eigenvalue weighted by Crippen LogP contribution is -2.40. The molecule has 0 N–H and O–H groups in total. The number of aromatic nitrogens is 1. The first-order chi connectivity index (χ1) is 14.3. The van der Waals surface area contributed by atoms with Gasteiger partial charge in [-0.2, -0.15) is 4.31 Å². The summed E-state index contributed by atoms with van der Waals surface area (Å²) in [5, 5.41) is 1.36. The van der Waals surface area contributed by atoms with Gasteiger partial charge in [-0.25, -0.2) is 8.42 Å². The van der Waals surface area contributed by atoms with E-state index in [0.717, 1.165) is 35.0 Å². The largest absolute Gasteiger partial charge is 0.497 e. The number of nitrogens with zero attached hydrogens (tertiary/aromatic N) is 2. The second-order valence-corrected chi connectivity index (χ2v) is 9.72. The van der Waals surface area contributed by atoms with Crippen molar-refractivity contribution in [3.63, 3.8) is 0 Å². The van der Waals surface area contributed by atoms with Crippen LogP contribution in [0.15, 0.2) is 53.3 Å². The minimum Gasteiger partial charge on any atom is -0.497 e. The Morgan fingerprint density at radius 2 is 1.77 bits per heavy atom. The summed E-state index contributed by atoms with van der Waals surface area (Å²) in [6.07, 6.45) is 3.65. The Morgan fingerprint density at radius 3 is 2.43 bits per heavy atom. The van der Waals surface area contributed by atoms with Gasteiger partial charge in [0.15, 0.2) is 0 Å². The molecule has 158 valence electrons. The van der Waals surface area contributed by atoms with Crippen LogP contribution in [0.25, 0.3) is 21.9 Å². The average Bonchev–Trinajstić information content (AvgIpc) is 2.75. The van der Waals surface area contributed by atoms with Crippen LogP contribution in [0, 0.1) is 0 Å². The van der Waals surface area contributed by atoms with Crippen LogP contribution < -0.4 is 10.3 Å². The highest BCUT2D eigenvalue weighted by Gasteiger charge is 2.34. The van der Waals surface area contributed by atoms with Gasteiger partial charge in [0.25, 0.3) is 5.56 Å². The van der Waals surface area contributed by atoms with Crippen LogP contribution in [0.4, 0.5) is 0 Å². The topological polar surface area (TPSA) is 68.6 Å². The van der Waals surface area contributed by atoms with Gasteiger partial charge in [-0.3, -0.25) is 4.79 Å². The summed E-state index contributed by atoms with van der Waals surface area (Å²) < 4.78 is 33.8. The summed E-state index contributed by atoms with van der Waals surface area (Å²) in [4.78, 5) is 13.3. The Kier molecular flexibility index (Phi) is 5.42. The van der Waals surface area contributed by atoms with Gasteiger partial charge in [0.05, 0.1) is 19.4 Å². The van der Waals surface area contributed by atoms with Crippen molar-refractivity contribution in [2.24, 2.45) is 7.05 Å². The maximum Gasteiger partial charge on any atom is 0.258 e. The van der Waals surface area contributed by atoms with Gasteiger partial charge in [-0.15, -0.1) is 0 Å². The normalized spacial score (nSPS) is 17.9. The molecule has 0 bridgehead atoms. The number of piperidine rings is 1. The maximum atomic E-state index is 13.3. The highest BCUT2D eigenvalue weighted by molar-refractivity contribution is 7.88. The van der Waals surface area contributed by atoms with Crippen LogP contribution in [0.3, 0.4) is 0 Å². The molecule has 0 aliphatic carbocycles. The first-order valence-electron chi connectivity index (χ1n) is 10.1. The first kappa shape index (κ1) is 20.6. The number of pyridine rings is 1. The van der Waals surface area contributed by atoms with E-state index in [1.165, 1.54) is 6.26 Å². The van der Waals surface area contributed by atoms with Crippen molar-refractivity contribution in [2.75, 3.05) is 19.9 Å². The number of hydrogen-bond donors (Lipinski definition) is 0. The Balaban J connectivity index is 2.13. The molecule has 1 atom stereocenters. The highest BCUT2D eigenvalue weighted by atomic mass is 32.2. The molecule has 3 aromatic rings. The van der Waals surface area contributed by atoms with Gasteiger partial charge in [0, 0.05) is 35.6 Å². The van der Waals surface area contributed by atoms with E-state index in [-0.39, 0.29) is 5.56 Å². The molecule has 2 heterocycles. The number of hydrogen-bond acceptors (Lipinski definition) is 4. The van der Waals surface area contributed by atoms with E-state index in [9.17, 15) is 13.2 Å². The Hall–Kier alpha value is -2.64. The summed E-state index contributed by atoms with van der Waals surface area (Å²) in [7, 11) is -0.0906. The summed E-state index contributed by atoms with van der Waals surface area (Å²) in [5.74, 6) is 0.655. The third kappa shape index (κ3) is 3.52. The van der Waals surface area contributed by atoms with Crippen molar-refractivity contribution in [3.8, 4) is 16.9 Å². The molecule has 2 aromatic carbocycles. The summed E-state index contributed by atoms with van der Waals surface area (Å²) in [6, 6.07) is 14.9. The number of ether oxygens (including phenoxy) is 1. The minimum atomic E-state index is -3.42. The number of benzene rings is 2. The molecule has 4 rings (SSSR count). The Morgan fingerprint density at radius 1 is 1.03 bits per heavy atom. The van der Waals surface area contributed by atoms with Gasteiger partial charge in [-0.1, -0.05) is 36.8 Å². The molecule has 30 heavy (non-hydrogen) atoms. The molecule has 1 aliphatic rings. The molecule has 1 saturated heterocycles. The quantitative estimate of drug-likeness (QED) is 0.638. The lowest BCUT2D eigenvalue weighted by Gasteiger charge is -2.36. The predicted octanol–water partition coefficient (Wildman–Crippen LogP) is 3.70. The van der Waals surface area contributed by atoms with Crippen molar-refractivity contribution in [2.45, 2.75) is 25.3 Å². The maximum absolute atomic E-state index is 13.3. The second kappa shape index (κ2) is 7.89. The van der Waals surface area contributed by atoms with E-state index in [1.807, 2.05) is 36.4 Å². The molecule has 7 heteroatoms. The molecule has 1 aliphatic heterocycles. The van der Waals surface area contributed by atoms with E-state index >= 15 is 0 Å². The summed E-state index contributed by atoms with van der Waals surface area (Å²) in [6.45, 7) is 0.460. The number of methoxy groups -OCH3 is 1. The van der Waals surface area contributed by atoms with Crippen LogP contribution in [0.2, 0.25) is 0 Å². The number of fused-ring (bicyclic) bond motifs is 1. The summed E-state index contributed by atoms with van der Waals surface area (Å²) >= 11 is 0. The second-order valence-electron chi connectivity index (χ2n) is 7.79. The van der Waals surface area contributed by atoms with Gasteiger partial charge < -0.3 is 9.30 Å². The van der Waals surface area contributed by atoms with E-state index < -0.39 is 16.1 Å². The van der Waals surface area contributed by atoms with Crippen molar-refractivity contribution in [1.29, 1.82) is 0 Å². The van der Waals surface area contributed by atoms with Crippen molar-refractivity contribution < 1.29 is 13.2 Å². The molecule has 0 spiro atoms. The highest BCUT2D eigenvalue weighted by Crippen LogP contribution is 2.41. The van der Waals surface area contributed by atoms with Gasteiger partial charge in [0.2, 0.25) is 10.0 Å². The molecule has 1 aromatic heterocycles. The lowest BCUT2D eigenvalue weighted by molar-refractivity contribution is 0.249. The molecule has 0 radical (unpaired) electrons. The van der Waals surface area contributed by atoms with Gasteiger partial charge in [0.1, 0.15) is 5.75 Å². The van der Waals surface area contributed by atoms with Crippen molar-refractivity contribution >= 4 is 20.8 Å². The lowest BCUT2D eigenvalue weighted by atomic mass is 9.90. The van der Waals surface area contributed by atoms with Crippen molar-refractivity contribution in [1.82, 2.24) is 8.87 Å². The van der Waals surface area contributed by atoms with Crippen LogP contribution in [-0.4, -0.2) is 37.2 Å². The number of sulfonamides is 1. The Labute approximate surface area is 176 Å². The first-order valence-corrected chi connectivity index (χ1v) is 11.9. The average molecular weight is 427 g/mol. The van der Waals surface area contributed by atoms with E-state index in [1.54, 1.807) is 35.2 Å². The SMILES string of the molecule is COc1ccc2c(=O)n(C)c(C3CCCCN3S(C)(=O)=O)c(-c3ccccc3)c2c1. The van der Waals surface area contributed by atoms with Crippen LogP contribution in [0.1, 0.15) is 31.0 Å². The fourth-order valence-electron chi connectivity index (χ4n) is 4.51. The molecule has 1 unspecified atom stereocenters. The van der Waals surface area contributed by atoms with Gasteiger partial charge in [-0.05, 0) is 36.6 Å². The standard InChI is InChI=1S/C23H26N2O4S/c1-24-22(20-11-7-8-14-25(20)30(3,27)28)21(16-9-5-4-6-10-16)19-15-17(29-2)12-13-18(19)23(24)26/h4-6,9-10,12-13,15,20H,7-8,11,14H2,1-3H3. The fourth-order valence-corrected chi connectivity index (χ4v) is 5.64. The zero-order chi connectivity index (χ0) is 21.5. The van der Waals surface area contributed by atoms with Crippen molar-refractivity contribution in [3.05, 3.63) is 64.6 Å². The van der Waals surface area contributed by atoms with E-state index in [4.69, 9.17) is 4.74 Å². The predicted molar refractivity (Wildman–Crippen MR) is 119 cm³/mol. The molecule has 1 fully saturated rings. The van der Waals surface area contributed by atoms with E-state index in [2.05, 4.69) is 0 Å².